The molecule has 200 valence electrons. The topological polar surface area (TPSA) is 148 Å². The third-order valence-corrected chi connectivity index (χ3v) is 6.69. The van der Waals surface area contributed by atoms with Gasteiger partial charge < -0.3 is 34.0 Å². The van der Waals surface area contributed by atoms with Crippen LogP contribution in [0, 0.1) is 28.6 Å². The molecule has 0 amide bonds. The van der Waals surface area contributed by atoms with Crippen molar-refractivity contribution in [1.82, 2.24) is 0 Å². The Morgan fingerprint density at radius 1 is 1.06 bits per heavy atom. The summed E-state index contributed by atoms with van der Waals surface area (Å²) in [6.45, 7) is 16.2. The zero-order chi connectivity index (χ0) is 26.5. The Labute approximate surface area is 260 Å². The fourth-order valence-corrected chi connectivity index (χ4v) is 5.33. The van der Waals surface area contributed by atoms with Crippen LogP contribution in [0.25, 0.3) is 0 Å². The minimum absolute atomic E-state index is 0. The average Bonchev–Trinajstić information content (AvgIpc) is 2.92. The maximum atomic E-state index is 12.5. The van der Waals surface area contributed by atoms with Crippen molar-refractivity contribution in [2.45, 2.75) is 93.3 Å². The molecule has 0 aromatic carbocycles. The van der Waals surface area contributed by atoms with Gasteiger partial charge in [-0.05, 0) is 53.6 Å². The Morgan fingerprint density at radius 3 is 2.06 bits per heavy atom. The molecule has 0 aliphatic carbocycles. The maximum Gasteiger partial charge on any atom is 1.00 e. The first kappa shape index (κ1) is 39.0. The fourth-order valence-electron chi connectivity index (χ4n) is 4.52. The Kier molecular flexibility index (Phi) is 17.6. The number of aliphatic hydroxyl groups is 2. The van der Waals surface area contributed by atoms with E-state index < -0.39 is 44.1 Å². The molecule has 0 saturated heterocycles. The second-order valence-electron chi connectivity index (χ2n) is 12.1. The van der Waals surface area contributed by atoms with Crippen molar-refractivity contribution in [1.29, 1.82) is 0 Å². The van der Waals surface area contributed by atoms with E-state index in [1.165, 1.54) is 0 Å². The molecule has 0 saturated carbocycles. The molecule has 0 aromatic rings. The second kappa shape index (κ2) is 16.2. The van der Waals surface area contributed by atoms with E-state index in [2.05, 4.69) is 64.7 Å². The molecule has 1 heterocycles. The van der Waals surface area contributed by atoms with Crippen LogP contribution in [0.5, 0.6) is 0 Å². The van der Waals surface area contributed by atoms with Crippen LogP contribution >= 0.6 is 7.82 Å². The van der Waals surface area contributed by atoms with Gasteiger partial charge in [-0.25, -0.2) is 4.79 Å². The summed E-state index contributed by atoms with van der Waals surface area (Å²) < 4.78 is 26.9. The standard InChI is InChI=1S/C24H45O9P.2Na/c1-15(11-23(3,4)5)9-10-17(16(2)12-24(6,7)8)14-31-34(29,30)33-21-19(27)20(18(26)13-25)32-22(21)28;;/h15-18,20,25-27H,9-14H2,1-8H3,(H,29,30);;/q;2*+1/p-2/t15?,16?,17?,18-,20+;;/m0../s1. The quantitative estimate of drug-likeness (QED) is 0.138. The summed E-state index contributed by atoms with van der Waals surface area (Å²) in [5.41, 5.74) is 0.243. The third-order valence-electron chi connectivity index (χ3n) is 5.82. The number of rotatable bonds is 13. The predicted molar refractivity (Wildman–Crippen MR) is 124 cm³/mol. The molecule has 6 atom stereocenters. The number of phosphoric acid groups is 1. The van der Waals surface area contributed by atoms with Crippen LogP contribution in [0.3, 0.4) is 0 Å². The summed E-state index contributed by atoms with van der Waals surface area (Å²) >= 11 is 0. The molecule has 2 N–H and O–H groups in total. The summed E-state index contributed by atoms with van der Waals surface area (Å²) in [6, 6.07) is 0. The Hall–Kier alpha value is 0.880. The minimum atomic E-state index is -5.06. The average molecular weight is 553 g/mol. The molecule has 1 aliphatic rings. The molecule has 1 aliphatic heterocycles. The molecule has 0 aromatic heterocycles. The van der Waals surface area contributed by atoms with E-state index in [9.17, 15) is 24.5 Å². The Bertz CT molecular complexity index is 762. The Balaban J connectivity index is 0. The van der Waals surface area contributed by atoms with Crippen LogP contribution in [0.4, 0.5) is 0 Å². The first-order chi connectivity index (χ1) is 15.3. The molecule has 0 radical (unpaired) electrons. The van der Waals surface area contributed by atoms with Gasteiger partial charge in [0, 0.05) is 0 Å². The zero-order valence-electron chi connectivity index (χ0n) is 23.8. The molecule has 0 fully saturated rings. The number of hydrogen-bond acceptors (Lipinski definition) is 9. The van der Waals surface area contributed by atoms with Crippen LogP contribution in [0.2, 0.25) is 0 Å². The van der Waals surface area contributed by atoms with Gasteiger partial charge in [-0.1, -0.05) is 61.8 Å². The second-order valence-corrected chi connectivity index (χ2v) is 13.4. The molecular formula is C24H43Na2O9P. The van der Waals surface area contributed by atoms with E-state index in [0.29, 0.717) is 5.92 Å². The minimum Gasteiger partial charge on any atom is -0.870 e. The summed E-state index contributed by atoms with van der Waals surface area (Å²) in [4.78, 5) is 24.3. The number of carbonyl (C=O) groups is 1. The molecule has 36 heavy (non-hydrogen) atoms. The summed E-state index contributed by atoms with van der Waals surface area (Å²) in [6.07, 6.45) is 0.185. The number of ether oxygens (including phenoxy) is 1. The van der Waals surface area contributed by atoms with Gasteiger partial charge in [0.05, 0.1) is 13.2 Å². The normalized spacial score (nSPS) is 21.4. The summed E-state index contributed by atoms with van der Waals surface area (Å²) in [5, 5.41) is 30.7. The zero-order valence-corrected chi connectivity index (χ0v) is 28.7. The van der Waals surface area contributed by atoms with Crippen molar-refractivity contribution in [2.24, 2.45) is 28.6 Å². The number of esters is 1. The maximum absolute atomic E-state index is 12.5. The molecule has 4 unspecified atom stereocenters. The molecule has 0 spiro atoms. The number of cyclic esters (lactones) is 1. The van der Waals surface area contributed by atoms with Gasteiger partial charge >= 0.3 is 72.9 Å². The van der Waals surface area contributed by atoms with E-state index in [0.717, 1.165) is 25.7 Å². The largest absolute Gasteiger partial charge is 1.00 e. The molecular weight excluding hydrogens is 509 g/mol. The van der Waals surface area contributed by atoms with Crippen molar-refractivity contribution in [3.63, 3.8) is 0 Å². The Morgan fingerprint density at radius 2 is 1.58 bits per heavy atom. The van der Waals surface area contributed by atoms with E-state index in [-0.39, 0.29) is 88.4 Å². The van der Waals surface area contributed by atoms with Crippen LogP contribution < -0.4 is 69.1 Å². The summed E-state index contributed by atoms with van der Waals surface area (Å²) in [7, 11) is -5.06. The van der Waals surface area contributed by atoms with Crippen molar-refractivity contribution in [3.05, 3.63) is 11.5 Å². The predicted octanol–water partition coefficient (Wildman–Crippen LogP) is -3.11. The summed E-state index contributed by atoms with van der Waals surface area (Å²) in [5.74, 6) is -3.01. The van der Waals surface area contributed by atoms with Crippen molar-refractivity contribution in [3.8, 4) is 0 Å². The molecule has 1 rings (SSSR count). The van der Waals surface area contributed by atoms with Crippen LogP contribution in [0.15, 0.2) is 11.5 Å². The van der Waals surface area contributed by atoms with Crippen LogP contribution in [0.1, 0.15) is 81.1 Å². The molecule has 0 bridgehead atoms. The van der Waals surface area contributed by atoms with Gasteiger partial charge in [0.2, 0.25) is 5.76 Å². The van der Waals surface area contributed by atoms with Gasteiger partial charge in [0.25, 0.3) is 0 Å². The number of aliphatic hydroxyl groups excluding tert-OH is 2. The van der Waals surface area contributed by atoms with E-state index in [4.69, 9.17) is 9.63 Å². The fraction of sp³-hybridized carbons (Fsp3) is 0.875. The monoisotopic (exact) mass is 552 g/mol. The molecule has 12 heteroatoms. The number of hydrogen-bond donors (Lipinski definition) is 2. The first-order valence-electron chi connectivity index (χ1n) is 11.9. The first-order valence-corrected chi connectivity index (χ1v) is 13.4. The van der Waals surface area contributed by atoms with Crippen molar-refractivity contribution < 1.29 is 102 Å². The number of carbonyl (C=O) groups excluding carboxylic acids is 1. The van der Waals surface area contributed by atoms with Crippen LogP contribution in [-0.4, -0.2) is 41.6 Å². The van der Waals surface area contributed by atoms with E-state index in [1.807, 2.05) is 0 Å². The van der Waals surface area contributed by atoms with Crippen LogP contribution in [-0.2, 0) is 23.1 Å². The van der Waals surface area contributed by atoms with Crippen molar-refractivity contribution >= 4 is 13.8 Å². The van der Waals surface area contributed by atoms with Gasteiger partial charge in [-0.3, -0.25) is 4.57 Å². The van der Waals surface area contributed by atoms with Gasteiger partial charge in [0.1, 0.15) is 12.2 Å². The molecule has 9 nitrogen and oxygen atoms in total. The van der Waals surface area contributed by atoms with E-state index in [1.54, 1.807) is 0 Å². The smallest absolute Gasteiger partial charge is 0.870 e. The van der Waals surface area contributed by atoms with E-state index >= 15 is 0 Å². The number of phosphoric ester groups is 1. The van der Waals surface area contributed by atoms with Crippen molar-refractivity contribution in [2.75, 3.05) is 13.2 Å². The van der Waals surface area contributed by atoms with Gasteiger partial charge in [-0.15, -0.1) is 0 Å². The van der Waals surface area contributed by atoms with Gasteiger partial charge in [-0.2, -0.15) is 0 Å². The SMILES string of the molecule is CC(CCC(COP(=O)([O-])OC1=C([O-])[C@@H]([C@@H](O)CO)OC1=O)C(C)CC(C)(C)C)CC(C)(C)C.[Na+].[Na+]. The third kappa shape index (κ3) is 14.3. The van der Waals surface area contributed by atoms with Gasteiger partial charge in [0.15, 0.2) is 0 Å².